The summed E-state index contributed by atoms with van der Waals surface area (Å²) in [5.74, 6) is 0. The van der Waals surface area contributed by atoms with E-state index in [1.54, 1.807) is 0 Å². The molecule has 0 fully saturated rings. The van der Waals surface area contributed by atoms with Crippen LogP contribution in [0.15, 0.2) is 30.7 Å². The van der Waals surface area contributed by atoms with Crippen LogP contribution in [-0.4, -0.2) is 14.8 Å². The van der Waals surface area contributed by atoms with Crippen LogP contribution in [0.5, 0.6) is 0 Å². The van der Waals surface area contributed by atoms with E-state index < -0.39 is 0 Å². The normalized spacial score (nSPS) is 12.6. The van der Waals surface area contributed by atoms with E-state index in [1.165, 1.54) is 11.1 Å². The maximum Gasteiger partial charge on any atom is 0.0641 e. The van der Waals surface area contributed by atoms with Crippen LogP contribution in [0.1, 0.15) is 36.7 Å². The molecule has 1 atom stereocenters. The van der Waals surface area contributed by atoms with Gasteiger partial charge in [0, 0.05) is 43.3 Å². The average Bonchev–Trinajstić information content (AvgIpc) is 2.78. The summed E-state index contributed by atoms with van der Waals surface area (Å²) >= 11 is 0. The first kappa shape index (κ1) is 12.8. The molecular weight excluding hydrogens is 224 g/mol. The summed E-state index contributed by atoms with van der Waals surface area (Å²) in [7, 11) is 0. The van der Waals surface area contributed by atoms with Crippen molar-refractivity contribution in [1.29, 1.82) is 0 Å². The van der Waals surface area contributed by atoms with E-state index in [4.69, 9.17) is 0 Å². The molecule has 0 aromatic carbocycles. The first-order chi connectivity index (χ1) is 8.70. The molecular formula is C14H20N4. The van der Waals surface area contributed by atoms with Crippen LogP contribution in [-0.2, 0) is 13.1 Å². The highest BCUT2D eigenvalue weighted by Gasteiger charge is 2.11. The van der Waals surface area contributed by atoms with Gasteiger partial charge in [0.05, 0.1) is 5.69 Å². The van der Waals surface area contributed by atoms with Gasteiger partial charge in [-0.05, 0) is 38.5 Å². The van der Waals surface area contributed by atoms with Gasteiger partial charge in [0.1, 0.15) is 0 Å². The van der Waals surface area contributed by atoms with Crippen LogP contribution in [0.2, 0.25) is 0 Å². The van der Waals surface area contributed by atoms with Crippen molar-refractivity contribution in [3.8, 4) is 0 Å². The lowest BCUT2D eigenvalue weighted by molar-refractivity contribution is 0.571. The predicted octanol–water partition coefficient (Wildman–Crippen LogP) is 2.46. The monoisotopic (exact) mass is 244 g/mol. The molecule has 0 aliphatic carbocycles. The van der Waals surface area contributed by atoms with Crippen LogP contribution in [0, 0.1) is 6.92 Å². The number of rotatable bonds is 5. The summed E-state index contributed by atoms with van der Waals surface area (Å²) in [5, 5.41) is 7.98. The third-order valence-electron chi connectivity index (χ3n) is 3.14. The molecule has 0 aliphatic rings. The molecule has 0 amide bonds. The lowest BCUT2D eigenvalue weighted by Gasteiger charge is -2.13. The van der Waals surface area contributed by atoms with Crippen molar-refractivity contribution in [1.82, 2.24) is 20.1 Å². The molecule has 1 N–H and O–H groups in total. The van der Waals surface area contributed by atoms with E-state index in [2.05, 4.69) is 42.4 Å². The lowest BCUT2D eigenvalue weighted by atomic mass is 10.1. The second kappa shape index (κ2) is 5.78. The summed E-state index contributed by atoms with van der Waals surface area (Å²) in [5.41, 5.74) is 3.62. The zero-order chi connectivity index (χ0) is 13.0. The van der Waals surface area contributed by atoms with Gasteiger partial charge in [-0.3, -0.25) is 9.67 Å². The van der Waals surface area contributed by atoms with Gasteiger partial charge in [0.15, 0.2) is 0 Å². The first-order valence-electron chi connectivity index (χ1n) is 6.37. The number of pyridine rings is 1. The molecule has 2 aromatic rings. The zero-order valence-corrected chi connectivity index (χ0v) is 11.2. The van der Waals surface area contributed by atoms with Crippen molar-refractivity contribution in [3.63, 3.8) is 0 Å². The highest BCUT2D eigenvalue weighted by atomic mass is 15.3. The Hall–Kier alpha value is -1.68. The summed E-state index contributed by atoms with van der Waals surface area (Å²) < 4.78 is 1.98. The zero-order valence-electron chi connectivity index (χ0n) is 11.2. The van der Waals surface area contributed by atoms with Crippen LogP contribution in [0.3, 0.4) is 0 Å². The Kier molecular flexibility index (Phi) is 4.10. The molecule has 2 aromatic heterocycles. The summed E-state index contributed by atoms with van der Waals surface area (Å²) in [4.78, 5) is 4.02. The van der Waals surface area contributed by atoms with E-state index >= 15 is 0 Å². The molecule has 2 heterocycles. The van der Waals surface area contributed by atoms with Gasteiger partial charge >= 0.3 is 0 Å². The van der Waals surface area contributed by atoms with Crippen molar-refractivity contribution in [3.05, 3.63) is 47.5 Å². The van der Waals surface area contributed by atoms with Crippen molar-refractivity contribution in [2.24, 2.45) is 0 Å². The molecule has 0 radical (unpaired) electrons. The maximum absolute atomic E-state index is 4.47. The van der Waals surface area contributed by atoms with Gasteiger partial charge in [0.25, 0.3) is 0 Å². The smallest absolute Gasteiger partial charge is 0.0641 e. The quantitative estimate of drug-likeness (QED) is 0.878. The number of aromatic nitrogens is 3. The van der Waals surface area contributed by atoms with E-state index in [-0.39, 0.29) is 0 Å². The van der Waals surface area contributed by atoms with Crippen LogP contribution >= 0.6 is 0 Å². The van der Waals surface area contributed by atoms with Gasteiger partial charge in [-0.15, -0.1) is 0 Å². The maximum atomic E-state index is 4.47. The fourth-order valence-corrected chi connectivity index (χ4v) is 2.00. The van der Waals surface area contributed by atoms with Gasteiger partial charge < -0.3 is 5.32 Å². The lowest BCUT2D eigenvalue weighted by Crippen LogP contribution is -2.18. The largest absolute Gasteiger partial charge is 0.306 e. The number of hydrogen-bond acceptors (Lipinski definition) is 3. The number of nitrogens with one attached hydrogen (secondary N) is 1. The Bertz CT molecular complexity index is 490. The first-order valence-corrected chi connectivity index (χ1v) is 6.37. The Morgan fingerprint density at radius 3 is 2.67 bits per heavy atom. The Morgan fingerprint density at radius 1 is 1.33 bits per heavy atom. The number of hydrogen-bond donors (Lipinski definition) is 1. The third-order valence-corrected chi connectivity index (χ3v) is 3.14. The van der Waals surface area contributed by atoms with Crippen molar-refractivity contribution in [2.45, 2.75) is 39.9 Å². The molecule has 0 saturated carbocycles. The molecule has 4 nitrogen and oxygen atoms in total. The van der Waals surface area contributed by atoms with Crippen LogP contribution < -0.4 is 5.32 Å². The molecule has 0 saturated heterocycles. The van der Waals surface area contributed by atoms with Gasteiger partial charge in [0.2, 0.25) is 0 Å². The highest BCUT2D eigenvalue weighted by Crippen LogP contribution is 2.16. The standard InChI is InChI=1S/C14H20N4/c1-4-18-10-14(12(3)17-18)11(2)16-9-13-5-7-15-8-6-13/h5-8,10-11,16H,4,9H2,1-3H3. The van der Waals surface area contributed by atoms with E-state index in [0.29, 0.717) is 6.04 Å². The van der Waals surface area contributed by atoms with Gasteiger partial charge in [-0.25, -0.2) is 0 Å². The Labute approximate surface area is 108 Å². The minimum atomic E-state index is 0.304. The highest BCUT2D eigenvalue weighted by molar-refractivity contribution is 5.20. The van der Waals surface area contributed by atoms with Crippen molar-refractivity contribution < 1.29 is 0 Å². The molecule has 0 aliphatic heterocycles. The second-order valence-electron chi connectivity index (χ2n) is 4.48. The van der Waals surface area contributed by atoms with Gasteiger partial charge in [-0.2, -0.15) is 5.10 Å². The van der Waals surface area contributed by atoms with E-state index in [1.807, 2.05) is 29.2 Å². The molecule has 4 heteroatoms. The van der Waals surface area contributed by atoms with E-state index in [0.717, 1.165) is 18.8 Å². The molecule has 0 bridgehead atoms. The minimum absolute atomic E-state index is 0.304. The molecule has 18 heavy (non-hydrogen) atoms. The SMILES string of the molecule is CCn1cc(C(C)NCc2ccncc2)c(C)n1. The Balaban J connectivity index is 1.99. The van der Waals surface area contributed by atoms with Crippen LogP contribution in [0.4, 0.5) is 0 Å². The van der Waals surface area contributed by atoms with Crippen molar-refractivity contribution in [2.75, 3.05) is 0 Å². The number of nitrogens with zero attached hydrogens (tertiary/aromatic N) is 3. The van der Waals surface area contributed by atoms with Gasteiger partial charge in [-0.1, -0.05) is 0 Å². The average molecular weight is 244 g/mol. The molecule has 1 unspecified atom stereocenters. The van der Waals surface area contributed by atoms with Crippen LogP contribution in [0.25, 0.3) is 0 Å². The number of aryl methyl sites for hydroxylation is 2. The molecule has 96 valence electrons. The third kappa shape index (κ3) is 2.96. The summed E-state index contributed by atoms with van der Waals surface area (Å²) in [6.45, 7) is 8.10. The molecule has 0 spiro atoms. The predicted molar refractivity (Wildman–Crippen MR) is 72.1 cm³/mol. The Morgan fingerprint density at radius 2 is 2.06 bits per heavy atom. The van der Waals surface area contributed by atoms with E-state index in [9.17, 15) is 0 Å². The topological polar surface area (TPSA) is 42.7 Å². The fourth-order valence-electron chi connectivity index (χ4n) is 2.00. The minimum Gasteiger partial charge on any atom is -0.306 e. The molecule has 2 rings (SSSR count). The fraction of sp³-hybridized carbons (Fsp3) is 0.429. The van der Waals surface area contributed by atoms with Crippen molar-refractivity contribution >= 4 is 0 Å². The summed E-state index contributed by atoms with van der Waals surface area (Å²) in [6, 6.07) is 4.36. The summed E-state index contributed by atoms with van der Waals surface area (Å²) in [6.07, 6.45) is 5.77. The second-order valence-corrected chi connectivity index (χ2v) is 4.48.